The average Bonchev–Trinajstić information content (AvgIpc) is 2.50. The highest BCUT2D eigenvalue weighted by molar-refractivity contribution is 5.93. The van der Waals surface area contributed by atoms with Gasteiger partial charge in [0.25, 0.3) is 0 Å². The Hall–Kier alpha value is -1.62. The third-order valence-electron chi connectivity index (χ3n) is 1.97. The predicted molar refractivity (Wildman–Crippen MR) is 59.8 cm³/mol. The van der Waals surface area contributed by atoms with Crippen LogP contribution in [0.3, 0.4) is 0 Å². The van der Waals surface area contributed by atoms with Crippen LogP contribution in [0.25, 0.3) is 0 Å². The smallest absolute Gasteiger partial charge is 0.238 e. The fraction of sp³-hybridized carbons (Fsp3) is 0.400. The zero-order valence-electron chi connectivity index (χ0n) is 9.05. The Bertz CT molecular complexity index is 337. The minimum atomic E-state index is -0.0792. The number of amides is 1. The zero-order valence-corrected chi connectivity index (χ0v) is 9.05. The number of carbonyl (C=O) groups is 1. The first-order valence-electron chi connectivity index (χ1n) is 4.78. The van der Waals surface area contributed by atoms with Crippen LogP contribution in [0.1, 0.15) is 11.4 Å². The van der Waals surface area contributed by atoms with Crippen LogP contribution in [0.5, 0.6) is 0 Å². The molecule has 5 nitrogen and oxygen atoms in total. The molecule has 0 saturated carbocycles. The molecule has 0 aliphatic rings. The van der Waals surface area contributed by atoms with Crippen LogP contribution in [0.4, 0.5) is 5.69 Å². The second kappa shape index (κ2) is 5.31. The lowest BCUT2D eigenvalue weighted by Gasteiger charge is -2.05. The number of aromatic amines is 1. The number of nitrogens with one attached hydrogen (secondary N) is 3. The normalized spacial score (nSPS) is 10.0. The van der Waals surface area contributed by atoms with Gasteiger partial charge < -0.3 is 10.6 Å². The van der Waals surface area contributed by atoms with Crippen molar-refractivity contribution in [2.75, 3.05) is 18.4 Å². The van der Waals surface area contributed by atoms with E-state index in [1.54, 1.807) is 6.08 Å². The third kappa shape index (κ3) is 3.21. The van der Waals surface area contributed by atoms with E-state index in [4.69, 9.17) is 0 Å². The van der Waals surface area contributed by atoms with Gasteiger partial charge in [0.15, 0.2) is 0 Å². The van der Waals surface area contributed by atoms with E-state index >= 15 is 0 Å². The van der Waals surface area contributed by atoms with Gasteiger partial charge in [-0.2, -0.15) is 5.10 Å². The summed E-state index contributed by atoms with van der Waals surface area (Å²) in [4.78, 5) is 11.4. The van der Waals surface area contributed by atoms with Gasteiger partial charge in [-0.3, -0.25) is 9.89 Å². The molecule has 15 heavy (non-hydrogen) atoms. The predicted octanol–water partition coefficient (Wildman–Crippen LogP) is 0.741. The van der Waals surface area contributed by atoms with E-state index < -0.39 is 0 Å². The Labute approximate surface area is 89.0 Å². The van der Waals surface area contributed by atoms with Crippen molar-refractivity contribution in [2.24, 2.45) is 0 Å². The SMILES string of the molecule is C=CCNCC(=O)Nc1c(C)n[nH]c1C. The molecule has 0 spiro atoms. The van der Waals surface area contributed by atoms with E-state index in [1.807, 2.05) is 13.8 Å². The van der Waals surface area contributed by atoms with Crippen molar-refractivity contribution in [3.05, 3.63) is 24.0 Å². The van der Waals surface area contributed by atoms with Crippen molar-refractivity contribution in [3.8, 4) is 0 Å². The number of nitrogens with zero attached hydrogens (tertiary/aromatic N) is 1. The molecule has 0 saturated heterocycles. The van der Waals surface area contributed by atoms with E-state index in [-0.39, 0.29) is 12.5 Å². The van der Waals surface area contributed by atoms with Crippen molar-refractivity contribution in [2.45, 2.75) is 13.8 Å². The lowest BCUT2D eigenvalue weighted by atomic mass is 10.3. The fourth-order valence-corrected chi connectivity index (χ4v) is 1.21. The molecule has 0 atom stereocenters. The van der Waals surface area contributed by atoms with Gasteiger partial charge in [0.1, 0.15) is 0 Å². The molecule has 1 amide bonds. The summed E-state index contributed by atoms with van der Waals surface area (Å²) >= 11 is 0. The molecule has 3 N–H and O–H groups in total. The summed E-state index contributed by atoms with van der Waals surface area (Å²) in [5.41, 5.74) is 2.43. The van der Waals surface area contributed by atoms with Gasteiger partial charge in [-0.1, -0.05) is 6.08 Å². The van der Waals surface area contributed by atoms with Crippen LogP contribution >= 0.6 is 0 Å². The molecule has 0 radical (unpaired) electrons. The van der Waals surface area contributed by atoms with Crippen LogP contribution in [0.15, 0.2) is 12.7 Å². The first-order valence-corrected chi connectivity index (χ1v) is 4.78. The van der Waals surface area contributed by atoms with E-state index in [2.05, 4.69) is 27.4 Å². The van der Waals surface area contributed by atoms with Gasteiger partial charge in [0.05, 0.1) is 23.6 Å². The second-order valence-electron chi connectivity index (χ2n) is 3.28. The van der Waals surface area contributed by atoms with Crippen LogP contribution < -0.4 is 10.6 Å². The molecular weight excluding hydrogens is 192 g/mol. The molecule has 5 heteroatoms. The monoisotopic (exact) mass is 208 g/mol. The van der Waals surface area contributed by atoms with Crippen LogP contribution in [0.2, 0.25) is 0 Å². The summed E-state index contributed by atoms with van der Waals surface area (Å²) in [5.74, 6) is -0.0792. The maximum atomic E-state index is 11.4. The number of carbonyl (C=O) groups excluding carboxylic acids is 1. The van der Waals surface area contributed by atoms with Crippen LogP contribution in [-0.2, 0) is 4.79 Å². The number of hydrogen-bond acceptors (Lipinski definition) is 3. The molecule has 0 fully saturated rings. The minimum absolute atomic E-state index is 0.0792. The van der Waals surface area contributed by atoms with E-state index in [0.717, 1.165) is 17.1 Å². The van der Waals surface area contributed by atoms with Gasteiger partial charge >= 0.3 is 0 Å². The number of hydrogen-bond donors (Lipinski definition) is 3. The van der Waals surface area contributed by atoms with Gasteiger partial charge in [0.2, 0.25) is 5.91 Å². The first-order chi connectivity index (χ1) is 7.15. The van der Waals surface area contributed by atoms with Crippen molar-refractivity contribution >= 4 is 11.6 Å². The molecule has 0 aromatic carbocycles. The molecule has 0 unspecified atom stereocenters. The summed E-state index contributed by atoms with van der Waals surface area (Å²) in [6.07, 6.45) is 1.71. The molecule has 1 aromatic heterocycles. The Balaban J connectivity index is 2.47. The van der Waals surface area contributed by atoms with Gasteiger partial charge in [-0.15, -0.1) is 6.58 Å². The fourth-order valence-electron chi connectivity index (χ4n) is 1.21. The number of rotatable bonds is 5. The topological polar surface area (TPSA) is 69.8 Å². The maximum absolute atomic E-state index is 11.4. The molecule has 0 aliphatic carbocycles. The molecule has 1 heterocycles. The molecule has 0 aliphatic heterocycles. The summed E-state index contributed by atoms with van der Waals surface area (Å²) in [6.45, 7) is 8.16. The Kier molecular flexibility index (Phi) is 4.05. The average molecular weight is 208 g/mol. The minimum Gasteiger partial charge on any atom is -0.322 e. The summed E-state index contributed by atoms with van der Waals surface area (Å²) in [5, 5.41) is 12.5. The number of anilines is 1. The van der Waals surface area contributed by atoms with E-state index in [9.17, 15) is 4.79 Å². The van der Waals surface area contributed by atoms with Crippen LogP contribution in [0, 0.1) is 13.8 Å². The zero-order chi connectivity index (χ0) is 11.3. The summed E-state index contributed by atoms with van der Waals surface area (Å²) in [6, 6.07) is 0. The largest absolute Gasteiger partial charge is 0.322 e. The van der Waals surface area contributed by atoms with Crippen molar-refractivity contribution in [3.63, 3.8) is 0 Å². The highest BCUT2D eigenvalue weighted by Crippen LogP contribution is 2.15. The van der Waals surface area contributed by atoms with Gasteiger partial charge in [-0.05, 0) is 13.8 Å². The lowest BCUT2D eigenvalue weighted by Crippen LogP contribution is -2.28. The Morgan fingerprint density at radius 1 is 1.60 bits per heavy atom. The van der Waals surface area contributed by atoms with E-state index in [0.29, 0.717) is 6.54 Å². The third-order valence-corrected chi connectivity index (χ3v) is 1.97. The quantitative estimate of drug-likeness (QED) is 0.494. The standard InChI is InChI=1S/C10H16N4O/c1-4-5-11-6-9(15)12-10-7(2)13-14-8(10)3/h4,11H,1,5-6H2,2-3H3,(H,12,15)(H,13,14). The first kappa shape index (κ1) is 11.5. The van der Waals surface area contributed by atoms with Gasteiger partial charge in [0, 0.05) is 6.54 Å². The number of H-pyrrole nitrogens is 1. The highest BCUT2D eigenvalue weighted by Gasteiger charge is 2.08. The van der Waals surface area contributed by atoms with Crippen molar-refractivity contribution in [1.29, 1.82) is 0 Å². The molecule has 1 rings (SSSR count). The second-order valence-corrected chi connectivity index (χ2v) is 3.28. The van der Waals surface area contributed by atoms with Crippen molar-refractivity contribution in [1.82, 2.24) is 15.5 Å². The molecule has 1 aromatic rings. The van der Waals surface area contributed by atoms with Gasteiger partial charge in [-0.25, -0.2) is 0 Å². The molecular formula is C10H16N4O. The van der Waals surface area contributed by atoms with Crippen molar-refractivity contribution < 1.29 is 4.79 Å². The Morgan fingerprint density at radius 2 is 2.33 bits per heavy atom. The molecule has 82 valence electrons. The summed E-state index contributed by atoms with van der Waals surface area (Å²) < 4.78 is 0. The number of aryl methyl sites for hydroxylation is 2. The number of aromatic nitrogens is 2. The maximum Gasteiger partial charge on any atom is 0.238 e. The lowest BCUT2D eigenvalue weighted by molar-refractivity contribution is -0.115. The highest BCUT2D eigenvalue weighted by atomic mass is 16.1. The molecule has 0 bridgehead atoms. The Morgan fingerprint density at radius 3 is 2.87 bits per heavy atom. The van der Waals surface area contributed by atoms with E-state index in [1.165, 1.54) is 0 Å². The van der Waals surface area contributed by atoms with Crippen LogP contribution in [-0.4, -0.2) is 29.2 Å². The summed E-state index contributed by atoms with van der Waals surface area (Å²) in [7, 11) is 0.